The van der Waals surface area contributed by atoms with Crippen LogP contribution in [-0.2, 0) is 4.79 Å². The van der Waals surface area contributed by atoms with E-state index in [-0.39, 0.29) is 6.42 Å². The van der Waals surface area contributed by atoms with Gasteiger partial charge in [0.05, 0.1) is 13.1 Å². The molecule has 6 heavy (non-hydrogen) atoms. The van der Waals surface area contributed by atoms with Crippen LogP contribution in [0, 0.1) is 0 Å². The maximum absolute atomic E-state index is 10.9. The fraction of sp³-hybridized carbons (Fsp3) is 0.667. The van der Waals surface area contributed by atoms with Crippen molar-refractivity contribution in [3.63, 3.8) is 0 Å². The molecule has 0 unspecified atom stereocenters. The van der Waals surface area contributed by atoms with Crippen molar-refractivity contribution in [3.8, 4) is 0 Å². The van der Waals surface area contributed by atoms with Gasteiger partial charge in [-0.05, 0) is 11.6 Å². The lowest BCUT2D eigenvalue weighted by atomic mass is 10.5. The van der Waals surface area contributed by atoms with Crippen molar-refractivity contribution in [2.75, 3.05) is 6.67 Å². The normalized spacial score (nSPS) is 8.33. The molecule has 0 bridgehead atoms. The Morgan fingerprint density at radius 2 is 2.33 bits per heavy atom. The van der Waals surface area contributed by atoms with E-state index >= 15 is 0 Å². The number of hydrogen-bond acceptors (Lipinski definition) is 1. The summed E-state index contributed by atoms with van der Waals surface area (Å²) < 4.78 is 10.9. The van der Waals surface area contributed by atoms with Gasteiger partial charge in [-0.3, -0.25) is 9.18 Å². The molecule has 0 N–H and O–H groups in total. The lowest BCUT2D eigenvalue weighted by Crippen LogP contribution is -1.84. The molecule has 0 aromatic heterocycles. The molecule has 0 spiro atoms. The van der Waals surface area contributed by atoms with Gasteiger partial charge in [-0.15, -0.1) is 0 Å². The van der Waals surface area contributed by atoms with Crippen LogP contribution in [0.15, 0.2) is 0 Å². The fourth-order valence-corrected chi connectivity index (χ4v) is 0.146. The van der Waals surface area contributed by atoms with Gasteiger partial charge in [0.1, 0.15) is 0 Å². The maximum atomic E-state index is 10.9. The molecular formula is C3H4ClFO. The predicted octanol–water partition coefficient (Wildman–Crippen LogP) is 1.11. The largest absolute Gasteiger partial charge is 0.281 e. The van der Waals surface area contributed by atoms with E-state index in [9.17, 15) is 9.18 Å². The summed E-state index contributed by atoms with van der Waals surface area (Å²) in [6.45, 7) is -0.650. The van der Waals surface area contributed by atoms with Gasteiger partial charge in [0, 0.05) is 0 Å². The second kappa shape index (κ2) is 3.09. The van der Waals surface area contributed by atoms with Crippen molar-refractivity contribution in [3.05, 3.63) is 0 Å². The van der Waals surface area contributed by atoms with E-state index in [1.54, 1.807) is 0 Å². The number of rotatable bonds is 2. The molecule has 0 saturated heterocycles. The minimum absolute atomic E-state index is 0.165. The summed E-state index contributed by atoms with van der Waals surface area (Å²) in [5.41, 5.74) is 0. The Morgan fingerprint density at radius 3 is 2.33 bits per heavy atom. The number of carbonyl (C=O) groups excluding carboxylic acids is 1. The molecule has 0 rings (SSSR count). The second-order valence-electron chi connectivity index (χ2n) is 0.794. The van der Waals surface area contributed by atoms with E-state index in [4.69, 9.17) is 11.6 Å². The molecule has 0 aliphatic heterocycles. The third-order valence-electron chi connectivity index (χ3n) is 0.291. The van der Waals surface area contributed by atoms with Crippen LogP contribution in [0.1, 0.15) is 6.42 Å². The van der Waals surface area contributed by atoms with Gasteiger partial charge in [-0.25, -0.2) is 0 Å². The second-order valence-corrected chi connectivity index (χ2v) is 1.22. The fourth-order valence-electron chi connectivity index (χ4n) is 0.0743. The third kappa shape index (κ3) is 3.89. The van der Waals surface area contributed by atoms with Crippen molar-refractivity contribution >= 4 is 16.8 Å². The minimum Gasteiger partial charge on any atom is -0.281 e. The molecule has 0 amide bonds. The van der Waals surface area contributed by atoms with Crippen molar-refractivity contribution in [2.45, 2.75) is 6.42 Å². The summed E-state index contributed by atoms with van der Waals surface area (Å²) in [4.78, 5) is 9.57. The average molecular weight is 111 g/mol. The molecule has 0 aliphatic rings. The smallest absolute Gasteiger partial charge is 0.224 e. The zero-order chi connectivity index (χ0) is 4.99. The highest BCUT2D eigenvalue weighted by molar-refractivity contribution is 6.63. The highest BCUT2D eigenvalue weighted by Crippen LogP contribution is 1.86. The first-order valence-electron chi connectivity index (χ1n) is 1.51. The Morgan fingerprint density at radius 1 is 1.83 bits per heavy atom. The summed E-state index contributed by atoms with van der Waals surface area (Å²) in [6.07, 6.45) is -0.165. The van der Waals surface area contributed by atoms with Crippen LogP contribution in [0.3, 0.4) is 0 Å². The van der Waals surface area contributed by atoms with Crippen molar-refractivity contribution in [1.29, 1.82) is 0 Å². The first kappa shape index (κ1) is 5.89. The summed E-state index contributed by atoms with van der Waals surface area (Å²) >= 11 is 4.70. The SMILES string of the molecule is O=C(Cl)CCF. The monoisotopic (exact) mass is 110 g/mol. The zero-order valence-electron chi connectivity index (χ0n) is 3.08. The van der Waals surface area contributed by atoms with Gasteiger partial charge in [-0.1, -0.05) is 0 Å². The highest BCUT2D eigenvalue weighted by Gasteiger charge is 1.89. The summed E-state index contributed by atoms with van der Waals surface area (Å²) in [5.74, 6) is 0. The molecule has 0 radical (unpaired) electrons. The molecule has 0 aliphatic carbocycles. The van der Waals surface area contributed by atoms with E-state index in [1.807, 2.05) is 0 Å². The van der Waals surface area contributed by atoms with E-state index in [2.05, 4.69) is 0 Å². The highest BCUT2D eigenvalue weighted by atomic mass is 35.5. The summed E-state index contributed by atoms with van der Waals surface area (Å²) in [7, 11) is 0. The van der Waals surface area contributed by atoms with Crippen LogP contribution in [0.2, 0.25) is 0 Å². The molecule has 36 valence electrons. The van der Waals surface area contributed by atoms with Crippen LogP contribution in [0.25, 0.3) is 0 Å². The van der Waals surface area contributed by atoms with E-state index < -0.39 is 11.9 Å². The average Bonchev–Trinajstić information content (AvgIpc) is 1.35. The Hall–Kier alpha value is -0.110. The molecule has 0 aromatic carbocycles. The molecule has 0 aromatic rings. The summed E-state index contributed by atoms with van der Waals surface area (Å²) in [5, 5.41) is -0.613. The summed E-state index contributed by atoms with van der Waals surface area (Å²) in [6, 6.07) is 0. The lowest BCUT2D eigenvalue weighted by Gasteiger charge is -1.75. The Kier molecular flexibility index (Phi) is 3.04. The van der Waals surface area contributed by atoms with Gasteiger partial charge in [0.2, 0.25) is 5.24 Å². The van der Waals surface area contributed by atoms with E-state index in [0.717, 1.165) is 0 Å². The topological polar surface area (TPSA) is 17.1 Å². The minimum atomic E-state index is -0.650. The van der Waals surface area contributed by atoms with Gasteiger partial charge in [0.15, 0.2) is 0 Å². The lowest BCUT2D eigenvalue weighted by molar-refractivity contribution is -0.111. The molecule has 3 heteroatoms. The maximum Gasteiger partial charge on any atom is 0.224 e. The van der Waals surface area contributed by atoms with Gasteiger partial charge in [-0.2, -0.15) is 0 Å². The number of hydrogen-bond donors (Lipinski definition) is 0. The molecular weight excluding hydrogens is 106 g/mol. The van der Waals surface area contributed by atoms with Gasteiger partial charge < -0.3 is 0 Å². The van der Waals surface area contributed by atoms with E-state index in [1.165, 1.54) is 0 Å². The molecule has 0 fully saturated rings. The first-order valence-corrected chi connectivity index (χ1v) is 1.89. The number of alkyl halides is 1. The van der Waals surface area contributed by atoms with E-state index in [0.29, 0.717) is 0 Å². The quantitative estimate of drug-likeness (QED) is 0.487. The van der Waals surface area contributed by atoms with Crippen molar-refractivity contribution in [2.24, 2.45) is 0 Å². The molecule has 1 nitrogen and oxygen atoms in total. The van der Waals surface area contributed by atoms with Crippen LogP contribution >= 0.6 is 11.6 Å². The Balaban J connectivity index is 2.83. The Labute approximate surface area is 40.1 Å². The first-order chi connectivity index (χ1) is 2.77. The predicted molar refractivity (Wildman–Crippen MR) is 21.5 cm³/mol. The van der Waals surface area contributed by atoms with Crippen molar-refractivity contribution in [1.82, 2.24) is 0 Å². The molecule has 0 atom stereocenters. The van der Waals surface area contributed by atoms with Crippen molar-refractivity contribution < 1.29 is 9.18 Å². The van der Waals surface area contributed by atoms with Crippen LogP contribution in [-0.4, -0.2) is 11.9 Å². The van der Waals surface area contributed by atoms with Crippen LogP contribution in [0.4, 0.5) is 4.39 Å². The van der Waals surface area contributed by atoms with Gasteiger partial charge in [0.25, 0.3) is 0 Å². The van der Waals surface area contributed by atoms with Gasteiger partial charge >= 0.3 is 0 Å². The number of carbonyl (C=O) groups is 1. The standard InChI is InChI=1S/C3H4ClFO/c4-3(6)1-2-5/h1-2H2. The Bertz CT molecular complexity index is 54.8. The molecule has 0 saturated carbocycles. The van der Waals surface area contributed by atoms with Crippen LogP contribution in [0.5, 0.6) is 0 Å². The third-order valence-corrected chi connectivity index (χ3v) is 0.480. The zero-order valence-corrected chi connectivity index (χ0v) is 3.83. The van der Waals surface area contributed by atoms with Crippen LogP contribution < -0.4 is 0 Å². The number of halogens is 2. The molecule has 0 heterocycles.